The molecule has 1 aromatic heterocycles. The molecule has 8 N–H and O–H groups in total. The number of fused-ring (bicyclic) bond motifs is 1. The molecule has 0 bridgehead atoms. The van der Waals surface area contributed by atoms with E-state index in [1.54, 1.807) is 18.2 Å². The number of benzene rings is 2. The lowest BCUT2D eigenvalue weighted by molar-refractivity contribution is 0.0697. The molecule has 0 amide bonds. The van der Waals surface area contributed by atoms with Gasteiger partial charge in [0.1, 0.15) is 5.82 Å². The monoisotopic (exact) mass is 407 g/mol. The van der Waals surface area contributed by atoms with Gasteiger partial charge in [-0.15, -0.1) is 0 Å². The summed E-state index contributed by atoms with van der Waals surface area (Å²) in [4.78, 5) is 18.5. The molecule has 150 valence electrons. The van der Waals surface area contributed by atoms with Gasteiger partial charge in [-0.3, -0.25) is 9.96 Å². The van der Waals surface area contributed by atoms with Gasteiger partial charge >= 0.3 is 5.97 Å². The highest BCUT2D eigenvalue weighted by molar-refractivity contribution is 7.85. The van der Waals surface area contributed by atoms with E-state index in [0.717, 1.165) is 11.3 Å². The Bertz CT molecular complexity index is 1040. The summed E-state index contributed by atoms with van der Waals surface area (Å²) in [5.74, 6) is -0.432. The summed E-state index contributed by atoms with van der Waals surface area (Å²) in [7, 11) is -3.67. The van der Waals surface area contributed by atoms with Gasteiger partial charge in [0, 0.05) is 6.42 Å². The molecule has 0 aliphatic rings. The fourth-order valence-corrected chi connectivity index (χ4v) is 2.06. The van der Waals surface area contributed by atoms with Gasteiger partial charge in [0.05, 0.1) is 22.9 Å². The van der Waals surface area contributed by atoms with Crippen molar-refractivity contribution >= 4 is 33.1 Å². The van der Waals surface area contributed by atoms with Crippen molar-refractivity contribution in [3.63, 3.8) is 0 Å². The largest absolute Gasteiger partial charge is 0.478 e. The van der Waals surface area contributed by atoms with E-state index in [0.29, 0.717) is 18.2 Å². The van der Waals surface area contributed by atoms with Gasteiger partial charge in [-0.25, -0.2) is 9.78 Å². The average Bonchev–Trinajstić information content (AvgIpc) is 2.94. The Labute approximate surface area is 161 Å². The molecule has 3 rings (SSSR count). The van der Waals surface area contributed by atoms with Crippen molar-refractivity contribution in [1.82, 2.24) is 9.97 Å². The molecular weight excluding hydrogens is 386 g/mol. The highest BCUT2D eigenvalue weighted by Gasteiger charge is 2.07. The first-order valence-corrected chi connectivity index (χ1v) is 9.58. The number of carboxylic acids is 1. The number of nitrogens with two attached hydrogens (primary N) is 2. The number of guanidine groups is 1. The number of imidazole rings is 1. The third kappa shape index (κ3) is 9.31. The number of aromatic amines is 1. The van der Waals surface area contributed by atoms with E-state index >= 15 is 0 Å². The molecular formula is C17H21N5O5S. The SMILES string of the molecule is CS(=O)(=O)O.N=C(N)N.O=C(O)c1ccc2[nH]c(Cc3ccccc3)nc2c1. The highest BCUT2D eigenvalue weighted by atomic mass is 32.2. The van der Waals surface area contributed by atoms with Crippen molar-refractivity contribution in [1.29, 1.82) is 5.41 Å². The van der Waals surface area contributed by atoms with Crippen LogP contribution in [0.1, 0.15) is 21.7 Å². The van der Waals surface area contributed by atoms with Crippen LogP contribution in [0.25, 0.3) is 11.0 Å². The maximum absolute atomic E-state index is 10.9. The molecule has 0 unspecified atom stereocenters. The first-order chi connectivity index (χ1) is 13.0. The van der Waals surface area contributed by atoms with E-state index in [2.05, 4.69) is 21.4 Å². The second-order valence-corrected chi connectivity index (χ2v) is 7.04. The summed E-state index contributed by atoms with van der Waals surface area (Å²) in [5, 5.41) is 15.0. The Hall–Kier alpha value is -3.44. The molecule has 11 heteroatoms. The van der Waals surface area contributed by atoms with Crippen LogP contribution in [-0.4, -0.2) is 46.2 Å². The van der Waals surface area contributed by atoms with Crippen LogP contribution in [0, 0.1) is 5.41 Å². The van der Waals surface area contributed by atoms with Crippen molar-refractivity contribution in [2.75, 3.05) is 6.26 Å². The summed E-state index contributed by atoms with van der Waals surface area (Å²) in [6.07, 6.45) is 1.42. The van der Waals surface area contributed by atoms with Crippen LogP contribution in [0.3, 0.4) is 0 Å². The molecule has 0 atom stereocenters. The van der Waals surface area contributed by atoms with E-state index in [9.17, 15) is 13.2 Å². The molecule has 0 saturated heterocycles. The Morgan fingerprint density at radius 1 is 1.18 bits per heavy atom. The van der Waals surface area contributed by atoms with E-state index in [-0.39, 0.29) is 11.5 Å². The number of nitrogens with zero attached hydrogens (tertiary/aromatic N) is 1. The van der Waals surface area contributed by atoms with Crippen molar-refractivity contribution in [3.05, 3.63) is 65.5 Å². The molecule has 0 aliphatic heterocycles. The topological polar surface area (TPSA) is 196 Å². The number of hydrogen-bond acceptors (Lipinski definition) is 5. The quantitative estimate of drug-likeness (QED) is 0.211. The van der Waals surface area contributed by atoms with Gasteiger partial charge < -0.3 is 21.6 Å². The predicted molar refractivity (Wildman–Crippen MR) is 106 cm³/mol. The second-order valence-electron chi connectivity index (χ2n) is 5.57. The van der Waals surface area contributed by atoms with Gasteiger partial charge in [0.25, 0.3) is 10.1 Å². The minimum absolute atomic E-state index is 0.255. The third-order valence-electron chi connectivity index (χ3n) is 2.99. The Balaban J connectivity index is 0.000000369. The van der Waals surface area contributed by atoms with Crippen molar-refractivity contribution < 1.29 is 22.9 Å². The summed E-state index contributed by atoms with van der Waals surface area (Å²) < 4.78 is 25.9. The van der Waals surface area contributed by atoms with E-state index in [1.165, 1.54) is 5.56 Å². The summed E-state index contributed by atoms with van der Waals surface area (Å²) >= 11 is 0. The fourth-order valence-electron chi connectivity index (χ4n) is 2.06. The van der Waals surface area contributed by atoms with Crippen molar-refractivity contribution in [2.24, 2.45) is 11.5 Å². The molecule has 2 aromatic carbocycles. The average molecular weight is 407 g/mol. The standard InChI is InChI=1S/C15H12N2O2.CH5N3.CH4O3S/c18-15(19)11-6-7-12-13(9-11)17-14(16-12)8-10-4-2-1-3-5-10;2-1(3)4;1-5(2,3)4/h1-7,9H,8H2,(H,16,17)(H,18,19);(H5,2,3,4);1H3,(H,2,3,4). The molecule has 0 radical (unpaired) electrons. The van der Waals surface area contributed by atoms with Gasteiger partial charge in [0.2, 0.25) is 0 Å². The van der Waals surface area contributed by atoms with Crippen molar-refractivity contribution in [3.8, 4) is 0 Å². The molecule has 0 saturated carbocycles. The number of carboxylic acid groups (broad SMARTS) is 1. The Kier molecular flexibility index (Phi) is 8.10. The predicted octanol–water partition coefficient (Wildman–Crippen LogP) is 1.19. The van der Waals surface area contributed by atoms with Crippen LogP contribution in [0.4, 0.5) is 0 Å². The van der Waals surface area contributed by atoms with E-state index in [1.807, 2.05) is 30.3 Å². The lowest BCUT2D eigenvalue weighted by Crippen LogP contribution is -2.20. The van der Waals surface area contributed by atoms with Crippen molar-refractivity contribution in [2.45, 2.75) is 6.42 Å². The van der Waals surface area contributed by atoms with Crippen LogP contribution >= 0.6 is 0 Å². The minimum Gasteiger partial charge on any atom is -0.478 e. The zero-order chi connectivity index (χ0) is 21.3. The zero-order valence-corrected chi connectivity index (χ0v) is 15.8. The number of aromatic nitrogens is 2. The summed E-state index contributed by atoms with van der Waals surface area (Å²) in [6, 6.07) is 14.9. The molecule has 0 fully saturated rings. The van der Waals surface area contributed by atoms with Gasteiger partial charge in [-0.2, -0.15) is 8.42 Å². The number of aromatic carboxylic acids is 1. The minimum atomic E-state index is -3.67. The third-order valence-corrected chi connectivity index (χ3v) is 2.99. The number of rotatable bonds is 3. The smallest absolute Gasteiger partial charge is 0.335 e. The maximum Gasteiger partial charge on any atom is 0.335 e. The van der Waals surface area contributed by atoms with E-state index in [4.69, 9.17) is 15.1 Å². The first kappa shape index (κ1) is 22.6. The lowest BCUT2D eigenvalue weighted by atomic mass is 10.1. The van der Waals surface area contributed by atoms with Crippen LogP contribution in [0.2, 0.25) is 0 Å². The van der Waals surface area contributed by atoms with Crippen LogP contribution in [0.15, 0.2) is 48.5 Å². The van der Waals surface area contributed by atoms with Crippen LogP contribution in [-0.2, 0) is 16.5 Å². The van der Waals surface area contributed by atoms with Gasteiger partial charge in [-0.05, 0) is 23.8 Å². The molecule has 1 heterocycles. The van der Waals surface area contributed by atoms with Gasteiger partial charge in [-0.1, -0.05) is 30.3 Å². The number of carbonyl (C=O) groups is 1. The molecule has 0 aliphatic carbocycles. The highest BCUT2D eigenvalue weighted by Crippen LogP contribution is 2.16. The molecule has 10 nitrogen and oxygen atoms in total. The maximum atomic E-state index is 10.9. The molecule has 3 aromatic rings. The van der Waals surface area contributed by atoms with Crippen LogP contribution < -0.4 is 11.5 Å². The van der Waals surface area contributed by atoms with E-state index < -0.39 is 16.1 Å². The first-order valence-electron chi connectivity index (χ1n) is 7.73. The Morgan fingerprint density at radius 2 is 1.71 bits per heavy atom. The van der Waals surface area contributed by atoms with Gasteiger partial charge in [0.15, 0.2) is 5.96 Å². The molecule has 28 heavy (non-hydrogen) atoms. The normalized spacial score (nSPS) is 10.2. The second kappa shape index (κ2) is 10.0. The lowest BCUT2D eigenvalue weighted by Gasteiger charge is -1.96. The van der Waals surface area contributed by atoms with Crippen LogP contribution in [0.5, 0.6) is 0 Å². The summed E-state index contributed by atoms with van der Waals surface area (Å²) in [6.45, 7) is 0. The number of nitrogens with one attached hydrogen (secondary N) is 2. The molecule has 0 spiro atoms. The zero-order valence-electron chi connectivity index (χ0n) is 15.0. The number of hydrogen-bond donors (Lipinski definition) is 6. The fraction of sp³-hybridized carbons (Fsp3) is 0.118. The Morgan fingerprint density at radius 3 is 2.21 bits per heavy atom. The number of H-pyrrole nitrogens is 1. The summed E-state index contributed by atoms with van der Waals surface area (Å²) in [5.41, 5.74) is 11.9.